The van der Waals surface area contributed by atoms with Crippen molar-refractivity contribution < 1.29 is 14.3 Å². The lowest BCUT2D eigenvalue weighted by Crippen LogP contribution is -2.38. The number of esters is 1. The summed E-state index contributed by atoms with van der Waals surface area (Å²) in [4.78, 5) is 25.1. The van der Waals surface area contributed by atoms with Gasteiger partial charge in [-0.15, -0.1) is 11.3 Å². The third kappa shape index (κ3) is 5.49. The van der Waals surface area contributed by atoms with E-state index < -0.39 is 12.1 Å². The van der Waals surface area contributed by atoms with Gasteiger partial charge in [-0.2, -0.15) is 0 Å². The van der Waals surface area contributed by atoms with Gasteiger partial charge in [-0.1, -0.05) is 49.7 Å². The second-order valence-electron chi connectivity index (χ2n) is 6.20. The summed E-state index contributed by atoms with van der Waals surface area (Å²) in [5.74, 6) is -0.452. The molecule has 1 atom stereocenters. The van der Waals surface area contributed by atoms with Crippen molar-refractivity contribution >= 4 is 23.2 Å². The summed E-state index contributed by atoms with van der Waals surface area (Å²) in [6, 6.07) is 11.4. The zero-order chi connectivity index (χ0) is 17.5. The average molecular weight is 345 g/mol. The number of amides is 1. The van der Waals surface area contributed by atoms with E-state index >= 15 is 0 Å². The molecular weight excluding hydrogens is 322 g/mol. The molecule has 0 radical (unpaired) electrons. The average Bonchev–Trinajstić information content (AvgIpc) is 3.07. The van der Waals surface area contributed by atoms with Crippen molar-refractivity contribution in [2.24, 2.45) is 5.92 Å². The highest BCUT2D eigenvalue weighted by Gasteiger charge is 2.24. The number of aryl methyl sites for hydroxylation is 1. The Hall–Kier alpha value is -2.14. The summed E-state index contributed by atoms with van der Waals surface area (Å²) in [7, 11) is 0. The molecule has 1 heterocycles. The maximum absolute atomic E-state index is 12.4. The minimum absolute atomic E-state index is 0.247. The lowest BCUT2D eigenvalue weighted by Gasteiger charge is -2.19. The second-order valence-corrected chi connectivity index (χ2v) is 7.15. The van der Waals surface area contributed by atoms with Crippen molar-refractivity contribution in [2.45, 2.75) is 39.8 Å². The molecule has 0 fully saturated rings. The molecule has 0 bridgehead atoms. The van der Waals surface area contributed by atoms with Crippen LogP contribution in [0.2, 0.25) is 0 Å². The number of benzene rings is 1. The SMILES string of the molecule is Cc1ccc(CNC(=O)[C@H](CC(C)C)OC(=O)c2cccs2)cc1. The zero-order valence-electron chi connectivity index (χ0n) is 14.2. The first-order chi connectivity index (χ1) is 11.5. The van der Waals surface area contributed by atoms with Gasteiger partial charge in [0.1, 0.15) is 4.88 Å². The molecule has 2 aromatic rings. The van der Waals surface area contributed by atoms with Gasteiger partial charge in [0.05, 0.1) is 0 Å². The monoisotopic (exact) mass is 345 g/mol. The van der Waals surface area contributed by atoms with Crippen LogP contribution in [0.15, 0.2) is 41.8 Å². The first kappa shape index (κ1) is 18.2. The first-order valence-electron chi connectivity index (χ1n) is 8.03. The van der Waals surface area contributed by atoms with Crippen molar-refractivity contribution in [2.75, 3.05) is 0 Å². The van der Waals surface area contributed by atoms with Crippen LogP contribution in [0.1, 0.15) is 41.1 Å². The molecule has 0 aliphatic rings. The number of thiophene rings is 1. The highest BCUT2D eigenvalue weighted by atomic mass is 32.1. The van der Waals surface area contributed by atoms with Crippen LogP contribution in [0.5, 0.6) is 0 Å². The summed E-state index contributed by atoms with van der Waals surface area (Å²) in [6.45, 7) is 6.44. The number of nitrogens with one attached hydrogen (secondary N) is 1. The van der Waals surface area contributed by atoms with Crippen LogP contribution in [0.3, 0.4) is 0 Å². The molecule has 1 amide bonds. The van der Waals surface area contributed by atoms with Gasteiger partial charge in [0.15, 0.2) is 6.10 Å². The fourth-order valence-corrected chi connectivity index (χ4v) is 2.83. The highest BCUT2D eigenvalue weighted by molar-refractivity contribution is 7.11. The maximum atomic E-state index is 12.4. The Labute approximate surface area is 146 Å². The largest absolute Gasteiger partial charge is 0.448 e. The van der Waals surface area contributed by atoms with Gasteiger partial charge in [0.25, 0.3) is 5.91 Å². The summed E-state index contributed by atoms with van der Waals surface area (Å²) in [5, 5.41) is 4.67. The van der Waals surface area contributed by atoms with Crippen LogP contribution >= 0.6 is 11.3 Å². The Bertz CT molecular complexity index is 662. The molecule has 2 rings (SSSR count). The molecule has 4 nitrogen and oxygen atoms in total. The van der Waals surface area contributed by atoms with E-state index in [9.17, 15) is 9.59 Å². The minimum atomic E-state index is -0.773. The van der Waals surface area contributed by atoms with Crippen LogP contribution in [0, 0.1) is 12.8 Å². The number of rotatable bonds is 7. The van der Waals surface area contributed by atoms with E-state index in [4.69, 9.17) is 4.74 Å². The first-order valence-corrected chi connectivity index (χ1v) is 8.91. The summed E-state index contributed by atoms with van der Waals surface area (Å²) < 4.78 is 5.43. The van der Waals surface area contributed by atoms with Crippen molar-refractivity contribution in [1.29, 1.82) is 0 Å². The lowest BCUT2D eigenvalue weighted by atomic mass is 10.1. The Balaban J connectivity index is 1.96. The predicted molar refractivity (Wildman–Crippen MR) is 96.0 cm³/mol. The molecule has 24 heavy (non-hydrogen) atoms. The normalized spacial score (nSPS) is 12.0. The molecule has 0 unspecified atom stereocenters. The van der Waals surface area contributed by atoms with Gasteiger partial charge < -0.3 is 10.1 Å². The van der Waals surface area contributed by atoms with Gasteiger partial charge in [-0.25, -0.2) is 4.79 Å². The fraction of sp³-hybridized carbons (Fsp3) is 0.368. The van der Waals surface area contributed by atoms with Gasteiger partial charge >= 0.3 is 5.97 Å². The zero-order valence-corrected chi connectivity index (χ0v) is 15.1. The molecule has 0 spiro atoms. The molecule has 1 aromatic heterocycles. The smallest absolute Gasteiger partial charge is 0.349 e. The molecule has 1 aromatic carbocycles. The highest BCUT2D eigenvalue weighted by Crippen LogP contribution is 2.15. The van der Waals surface area contributed by atoms with E-state index in [1.54, 1.807) is 12.1 Å². The molecule has 128 valence electrons. The topological polar surface area (TPSA) is 55.4 Å². The number of hydrogen-bond acceptors (Lipinski definition) is 4. The Morgan fingerprint density at radius 1 is 1.17 bits per heavy atom. The summed E-state index contributed by atoms with van der Waals surface area (Å²) >= 11 is 1.31. The van der Waals surface area contributed by atoms with Crippen molar-refractivity contribution in [3.63, 3.8) is 0 Å². The maximum Gasteiger partial charge on any atom is 0.349 e. The van der Waals surface area contributed by atoms with Crippen LogP contribution in [-0.4, -0.2) is 18.0 Å². The molecule has 0 aliphatic heterocycles. The fourth-order valence-electron chi connectivity index (χ4n) is 2.23. The van der Waals surface area contributed by atoms with Crippen LogP contribution in [-0.2, 0) is 16.1 Å². The van der Waals surface area contributed by atoms with Gasteiger partial charge in [-0.05, 0) is 36.3 Å². The molecule has 0 saturated heterocycles. The van der Waals surface area contributed by atoms with E-state index in [0.717, 1.165) is 5.56 Å². The Morgan fingerprint density at radius 3 is 2.46 bits per heavy atom. The van der Waals surface area contributed by atoms with Gasteiger partial charge in [0, 0.05) is 6.54 Å². The second kappa shape index (κ2) is 8.64. The van der Waals surface area contributed by atoms with Gasteiger partial charge in [0.2, 0.25) is 0 Å². The van der Waals surface area contributed by atoms with Crippen molar-refractivity contribution in [3.8, 4) is 0 Å². The molecule has 0 aliphatic carbocycles. The molecule has 5 heteroatoms. The Morgan fingerprint density at radius 2 is 1.88 bits per heavy atom. The van der Waals surface area contributed by atoms with E-state index in [1.807, 2.05) is 50.4 Å². The van der Waals surface area contributed by atoms with Crippen molar-refractivity contribution in [3.05, 3.63) is 57.8 Å². The van der Waals surface area contributed by atoms with E-state index in [2.05, 4.69) is 5.32 Å². The van der Waals surface area contributed by atoms with Crippen LogP contribution < -0.4 is 5.32 Å². The summed E-state index contributed by atoms with van der Waals surface area (Å²) in [6.07, 6.45) is -0.276. The molecular formula is C19H23NO3S. The standard InChI is InChI=1S/C19H23NO3S/c1-13(2)11-16(23-19(22)17-5-4-10-24-17)18(21)20-12-15-8-6-14(3)7-9-15/h4-10,13,16H,11-12H2,1-3H3,(H,20,21)/t16-/m0/s1. The predicted octanol–water partition coefficient (Wildman–Crippen LogP) is 3.94. The molecule has 1 N–H and O–H groups in total. The number of carbonyl (C=O) groups excluding carboxylic acids is 2. The van der Waals surface area contributed by atoms with Gasteiger partial charge in [-0.3, -0.25) is 4.79 Å². The van der Waals surface area contributed by atoms with E-state index in [1.165, 1.54) is 16.9 Å². The van der Waals surface area contributed by atoms with E-state index in [0.29, 0.717) is 17.8 Å². The lowest BCUT2D eigenvalue weighted by molar-refractivity contribution is -0.130. The summed E-state index contributed by atoms with van der Waals surface area (Å²) in [5.41, 5.74) is 2.19. The van der Waals surface area contributed by atoms with Crippen molar-refractivity contribution in [1.82, 2.24) is 5.32 Å². The Kier molecular flexibility index (Phi) is 6.55. The molecule has 0 saturated carbocycles. The third-order valence-corrected chi connectivity index (χ3v) is 4.39. The number of ether oxygens (including phenoxy) is 1. The minimum Gasteiger partial charge on any atom is -0.448 e. The third-order valence-electron chi connectivity index (χ3n) is 3.54. The number of carbonyl (C=O) groups is 2. The van der Waals surface area contributed by atoms with Crippen LogP contribution in [0.4, 0.5) is 0 Å². The van der Waals surface area contributed by atoms with Crippen LogP contribution in [0.25, 0.3) is 0 Å². The van der Waals surface area contributed by atoms with E-state index in [-0.39, 0.29) is 11.8 Å². The number of hydrogen-bond donors (Lipinski definition) is 1. The quantitative estimate of drug-likeness (QED) is 0.773.